The minimum Gasteiger partial charge on any atom is -0.506 e. The second-order valence-electron chi connectivity index (χ2n) is 5.74. The first-order chi connectivity index (χ1) is 11.5. The Hall–Kier alpha value is -1.93. The Balaban J connectivity index is 1.93. The van der Waals surface area contributed by atoms with E-state index >= 15 is 0 Å². The van der Waals surface area contributed by atoms with Crippen LogP contribution in [0.2, 0.25) is 0 Å². The third-order valence-corrected chi connectivity index (χ3v) is 5.00. The van der Waals surface area contributed by atoms with E-state index in [-0.39, 0.29) is 17.0 Å². The zero-order valence-corrected chi connectivity index (χ0v) is 14.3. The molecule has 2 unspecified atom stereocenters. The van der Waals surface area contributed by atoms with Crippen LogP contribution >= 0.6 is 0 Å². The van der Waals surface area contributed by atoms with Crippen molar-refractivity contribution in [2.45, 2.75) is 6.42 Å². The van der Waals surface area contributed by atoms with Gasteiger partial charge in [0.05, 0.1) is 13.2 Å². The summed E-state index contributed by atoms with van der Waals surface area (Å²) in [6.07, 6.45) is 2.34. The number of anilines is 1. The van der Waals surface area contributed by atoms with Crippen LogP contribution in [0, 0.1) is 11.7 Å². The molecule has 1 N–H and O–H groups in total. The normalized spacial score (nSPS) is 18.7. The van der Waals surface area contributed by atoms with E-state index in [1.54, 1.807) is 12.1 Å². The number of pyridine rings is 1. The summed E-state index contributed by atoms with van der Waals surface area (Å²) in [5, 5.41) is 10.5. The summed E-state index contributed by atoms with van der Waals surface area (Å²) in [5.74, 6) is -0.379. The van der Waals surface area contributed by atoms with Crippen LogP contribution in [0.4, 0.5) is 10.1 Å². The molecule has 2 heterocycles. The largest absolute Gasteiger partial charge is 0.506 e. The van der Waals surface area contributed by atoms with Gasteiger partial charge in [-0.15, -0.1) is 0 Å². The maximum absolute atomic E-state index is 14.8. The number of aromatic nitrogens is 1. The third-order valence-electron chi connectivity index (χ3n) is 4.04. The summed E-state index contributed by atoms with van der Waals surface area (Å²) in [6.45, 7) is 1.86. The standard InChI is InChI=1S/C16H19FN2O4S/c1-19(24(2)21)16-12(20)7-11-3-4-13(18-15(11)14(16)17)23-9-10-5-6-22-8-10/h3-4,7,10,20H,5-6,8-9H2,1-2H3. The van der Waals surface area contributed by atoms with E-state index in [1.165, 1.54) is 19.4 Å². The predicted octanol–water partition coefficient (Wildman–Crippen LogP) is 2.22. The summed E-state index contributed by atoms with van der Waals surface area (Å²) in [5.41, 5.74) is -0.0718. The van der Waals surface area contributed by atoms with E-state index in [0.29, 0.717) is 30.4 Å². The van der Waals surface area contributed by atoms with E-state index in [0.717, 1.165) is 17.3 Å². The number of halogens is 1. The molecule has 0 bridgehead atoms. The Morgan fingerprint density at radius 1 is 1.54 bits per heavy atom. The maximum Gasteiger partial charge on any atom is 0.213 e. The van der Waals surface area contributed by atoms with Gasteiger partial charge in [-0.1, -0.05) is 0 Å². The van der Waals surface area contributed by atoms with Gasteiger partial charge in [0.2, 0.25) is 5.88 Å². The predicted molar refractivity (Wildman–Crippen MR) is 90.3 cm³/mol. The molecule has 0 aliphatic carbocycles. The van der Waals surface area contributed by atoms with Gasteiger partial charge in [0, 0.05) is 37.3 Å². The van der Waals surface area contributed by atoms with Crippen molar-refractivity contribution in [2.24, 2.45) is 5.92 Å². The lowest BCUT2D eigenvalue weighted by molar-refractivity contribution is 0.165. The van der Waals surface area contributed by atoms with Crippen molar-refractivity contribution in [1.82, 2.24) is 4.98 Å². The highest BCUT2D eigenvalue weighted by Crippen LogP contribution is 2.36. The van der Waals surface area contributed by atoms with Crippen molar-refractivity contribution in [3.8, 4) is 11.6 Å². The van der Waals surface area contributed by atoms with Gasteiger partial charge in [-0.3, -0.25) is 4.31 Å². The molecule has 1 aliphatic heterocycles. The molecule has 0 amide bonds. The quantitative estimate of drug-likeness (QED) is 0.891. The molecule has 0 radical (unpaired) electrons. The molecular formula is C16H19FN2O4S. The minimum atomic E-state index is -1.47. The van der Waals surface area contributed by atoms with E-state index < -0.39 is 16.8 Å². The minimum absolute atomic E-state index is 0.0697. The lowest BCUT2D eigenvalue weighted by Gasteiger charge is -2.18. The number of hydrogen-bond donors (Lipinski definition) is 1. The molecule has 6 nitrogen and oxygen atoms in total. The van der Waals surface area contributed by atoms with Gasteiger partial charge in [0.1, 0.15) is 27.9 Å². The number of hydrogen-bond acceptors (Lipinski definition) is 5. The van der Waals surface area contributed by atoms with Gasteiger partial charge in [0.15, 0.2) is 5.82 Å². The summed E-state index contributed by atoms with van der Waals surface area (Å²) < 4.78 is 38.5. The Bertz CT molecular complexity index is 780. The lowest BCUT2D eigenvalue weighted by Crippen LogP contribution is -2.20. The molecule has 2 aromatic rings. The number of nitrogens with zero attached hydrogens (tertiary/aromatic N) is 2. The molecule has 3 rings (SSSR count). The van der Waals surface area contributed by atoms with Gasteiger partial charge in [-0.2, -0.15) is 0 Å². The molecule has 130 valence electrons. The number of benzene rings is 1. The number of phenolic OH excluding ortho intramolecular Hbond substituents is 1. The van der Waals surface area contributed by atoms with Crippen LogP contribution in [0.5, 0.6) is 11.6 Å². The van der Waals surface area contributed by atoms with Gasteiger partial charge in [0.25, 0.3) is 0 Å². The Kier molecular flexibility index (Phi) is 4.86. The van der Waals surface area contributed by atoms with Crippen LogP contribution in [0.25, 0.3) is 10.9 Å². The molecule has 0 spiro atoms. The molecule has 1 saturated heterocycles. The first-order valence-corrected chi connectivity index (χ1v) is 9.09. The maximum atomic E-state index is 14.8. The van der Waals surface area contributed by atoms with Gasteiger partial charge in [-0.25, -0.2) is 13.6 Å². The molecular weight excluding hydrogens is 335 g/mol. The van der Waals surface area contributed by atoms with E-state index in [1.807, 2.05) is 0 Å². The number of rotatable bonds is 5. The first-order valence-electron chi connectivity index (χ1n) is 7.57. The van der Waals surface area contributed by atoms with Crippen LogP contribution < -0.4 is 9.04 Å². The number of ether oxygens (including phenoxy) is 2. The average Bonchev–Trinajstić information content (AvgIpc) is 3.06. The highest BCUT2D eigenvalue weighted by atomic mass is 32.2. The summed E-state index contributed by atoms with van der Waals surface area (Å²) in [6, 6.07) is 4.68. The highest BCUT2D eigenvalue weighted by Gasteiger charge is 2.21. The molecule has 1 aromatic carbocycles. The fourth-order valence-corrected chi connectivity index (χ4v) is 3.04. The van der Waals surface area contributed by atoms with Gasteiger partial charge >= 0.3 is 0 Å². The summed E-state index contributed by atoms with van der Waals surface area (Å²) >= 11 is 0. The second-order valence-corrected chi connectivity index (χ2v) is 7.14. The smallest absolute Gasteiger partial charge is 0.213 e. The van der Waals surface area contributed by atoms with Crippen molar-refractivity contribution in [3.63, 3.8) is 0 Å². The van der Waals surface area contributed by atoms with Gasteiger partial charge in [-0.05, 0) is 18.6 Å². The monoisotopic (exact) mass is 354 g/mol. The SMILES string of the molecule is CN(c1c(O)cc2ccc(OCC3CCOC3)nc2c1F)S(C)=O. The van der Waals surface area contributed by atoms with E-state index in [9.17, 15) is 13.7 Å². The average molecular weight is 354 g/mol. The second kappa shape index (κ2) is 6.90. The highest BCUT2D eigenvalue weighted by molar-refractivity contribution is 7.85. The fourth-order valence-electron chi connectivity index (χ4n) is 2.61. The molecule has 1 aliphatic rings. The zero-order chi connectivity index (χ0) is 17.3. The lowest BCUT2D eigenvalue weighted by atomic mass is 10.1. The number of phenols is 1. The number of fused-ring (bicyclic) bond motifs is 1. The van der Waals surface area contributed by atoms with Crippen molar-refractivity contribution in [2.75, 3.05) is 37.4 Å². The third kappa shape index (κ3) is 3.29. The van der Waals surface area contributed by atoms with Gasteiger partial charge < -0.3 is 14.6 Å². The molecule has 1 aromatic heterocycles. The summed E-state index contributed by atoms with van der Waals surface area (Å²) in [7, 11) is -0.0299. The zero-order valence-electron chi connectivity index (χ0n) is 13.5. The Labute approximate surface area is 141 Å². The van der Waals surface area contributed by atoms with E-state index in [4.69, 9.17) is 9.47 Å². The van der Waals surface area contributed by atoms with Crippen LogP contribution in [-0.4, -0.2) is 47.4 Å². The first kappa shape index (κ1) is 16.9. The van der Waals surface area contributed by atoms with Crippen molar-refractivity contribution in [3.05, 3.63) is 24.0 Å². The van der Waals surface area contributed by atoms with Crippen LogP contribution in [0.1, 0.15) is 6.42 Å². The van der Waals surface area contributed by atoms with Crippen molar-refractivity contribution < 1.29 is 23.2 Å². The summed E-state index contributed by atoms with van der Waals surface area (Å²) in [4.78, 5) is 4.20. The van der Waals surface area contributed by atoms with Crippen LogP contribution in [0.15, 0.2) is 18.2 Å². The molecule has 1 fully saturated rings. The van der Waals surface area contributed by atoms with Crippen molar-refractivity contribution in [1.29, 1.82) is 0 Å². The molecule has 8 heteroatoms. The topological polar surface area (TPSA) is 71.9 Å². The molecule has 24 heavy (non-hydrogen) atoms. The fraction of sp³-hybridized carbons (Fsp3) is 0.438. The number of aromatic hydroxyl groups is 1. The van der Waals surface area contributed by atoms with Crippen molar-refractivity contribution >= 4 is 27.6 Å². The van der Waals surface area contributed by atoms with Crippen LogP contribution in [-0.2, 0) is 15.7 Å². The van der Waals surface area contributed by atoms with E-state index in [2.05, 4.69) is 4.98 Å². The molecule has 2 atom stereocenters. The Morgan fingerprint density at radius 3 is 3.00 bits per heavy atom. The Morgan fingerprint density at radius 2 is 2.33 bits per heavy atom. The molecule has 0 saturated carbocycles. The van der Waals surface area contributed by atoms with Crippen LogP contribution in [0.3, 0.4) is 0 Å².